The second kappa shape index (κ2) is 5.29. The van der Waals surface area contributed by atoms with Crippen molar-refractivity contribution in [3.05, 3.63) is 0 Å². The van der Waals surface area contributed by atoms with Gasteiger partial charge in [-0.05, 0) is 32.1 Å². The van der Waals surface area contributed by atoms with Gasteiger partial charge in [0.1, 0.15) is 0 Å². The lowest BCUT2D eigenvalue weighted by Gasteiger charge is -2.38. The normalized spacial score (nSPS) is 28.8. The number of piperidine rings is 1. The largest absolute Gasteiger partial charge is 0.481 e. The summed E-state index contributed by atoms with van der Waals surface area (Å²) in [4.78, 5) is 25.1. The molecule has 2 fully saturated rings. The van der Waals surface area contributed by atoms with Gasteiger partial charge in [-0.1, -0.05) is 19.3 Å². The van der Waals surface area contributed by atoms with E-state index in [2.05, 4.69) is 0 Å². The van der Waals surface area contributed by atoms with Crippen LogP contribution in [0.1, 0.15) is 51.9 Å². The van der Waals surface area contributed by atoms with E-state index in [1.165, 1.54) is 19.3 Å². The van der Waals surface area contributed by atoms with E-state index in [0.717, 1.165) is 25.3 Å². The van der Waals surface area contributed by atoms with Gasteiger partial charge in [-0.2, -0.15) is 0 Å². The monoisotopic (exact) mass is 253 g/mol. The molecule has 1 amide bonds. The number of hydrogen-bond donors (Lipinski definition) is 1. The molecule has 1 saturated carbocycles. The lowest BCUT2D eigenvalue weighted by molar-refractivity contribution is -0.153. The zero-order valence-corrected chi connectivity index (χ0v) is 11.2. The van der Waals surface area contributed by atoms with E-state index in [0.29, 0.717) is 19.4 Å². The summed E-state index contributed by atoms with van der Waals surface area (Å²) >= 11 is 0. The Kier molecular flexibility index (Phi) is 3.93. The van der Waals surface area contributed by atoms with Gasteiger partial charge in [-0.3, -0.25) is 9.59 Å². The van der Waals surface area contributed by atoms with Crippen molar-refractivity contribution in [3.63, 3.8) is 0 Å². The molecule has 4 nitrogen and oxygen atoms in total. The summed E-state index contributed by atoms with van der Waals surface area (Å²) < 4.78 is 0. The molecular formula is C14H23NO3. The number of hydrogen-bond acceptors (Lipinski definition) is 2. The summed E-state index contributed by atoms with van der Waals surface area (Å²) in [6, 6.07) is 0. The minimum atomic E-state index is -0.779. The van der Waals surface area contributed by atoms with E-state index in [1.54, 1.807) is 11.8 Å². The lowest BCUT2D eigenvalue weighted by Crippen LogP contribution is -2.48. The average Bonchev–Trinajstić information content (AvgIpc) is 2.26. The molecule has 1 heterocycles. The number of rotatable bonds is 4. The summed E-state index contributed by atoms with van der Waals surface area (Å²) in [5, 5.41) is 9.22. The standard InChI is InChI=1S/C14H23NO3/c1-14(13(17)18)8-3-9-15(10-14)12(16)7-6-11-4-2-5-11/h11H,2-10H2,1H3,(H,17,18). The van der Waals surface area contributed by atoms with Crippen LogP contribution in [0.4, 0.5) is 0 Å². The smallest absolute Gasteiger partial charge is 0.311 e. The Morgan fingerprint density at radius 3 is 2.61 bits per heavy atom. The summed E-state index contributed by atoms with van der Waals surface area (Å²) in [6.45, 7) is 2.86. The first-order chi connectivity index (χ1) is 8.51. The topological polar surface area (TPSA) is 57.6 Å². The van der Waals surface area contributed by atoms with Gasteiger partial charge in [-0.25, -0.2) is 0 Å². The van der Waals surface area contributed by atoms with Crippen molar-refractivity contribution in [2.24, 2.45) is 11.3 Å². The summed E-state index contributed by atoms with van der Waals surface area (Å²) in [6.07, 6.45) is 6.89. The Morgan fingerprint density at radius 2 is 2.06 bits per heavy atom. The van der Waals surface area contributed by atoms with Crippen molar-refractivity contribution in [2.75, 3.05) is 13.1 Å². The van der Waals surface area contributed by atoms with Gasteiger partial charge in [0, 0.05) is 19.5 Å². The number of amides is 1. The zero-order valence-electron chi connectivity index (χ0n) is 11.2. The molecule has 2 rings (SSSR count). The highest BCUT2D eigenvalue weighted by atomic mass is 16.4. The molecule has 0 aromatic rings. The molecule has 1 N–H and O–H groups in total. The van der Waals surface area contributed by atoms with E-state index < -0.39 is 11.4 Å². The summed E-state index contributed by atoms with van der Waals surface area (Å²) in [7, 11) is 0. The van der Waals surface area contributed by atoms with Crippen LogP contribution in [-0.4, -0.2) is 35.0 Å². The van der Waals surface area contributed by atoms with Gasteiger partial charge in [0.25, 0.3) is 0 Å². The van der Waals surface area contributed by atoms with Crippen LogP contribution in [0.2, 0.25) is 0 Å². The Balaban J connectivity index is 1.83. The van der Waals surface area contributed by atoms with E-state index in [9.17, 15) is 14.7 Å². The molecule has 1 aliphatic carbocycles. The van der Waals surface area contributed by atoms with Gasteiger partial charge in [0.05, 0.1) is 5.41 Å². The molecular weight excluding hydrogens is 230 g/mol. The van der Waals surface area contributed by atoms with Crippen molar-refractivity contribution < 1.29 is 14.7 Å². The lowest BCUT2D eigenvalue weighted by atomic mass is 9.80. The van der Waals surface area contributed by atoms with Crippen molar-refractivity contribution in [1.29, 1.82) is 0 Å². The van der Waals surface area contributed by atoms with Crippen LogP contribution in [-0.2, 0) is 9.59 Å². The third-order valence-corrected chi connectivity index (χ3v) is 4.56. The van der Waals surface area contributed by atoms with Crippen molar-refractivity contribution in [1.82, 2.24) is 4.90 Å². The minimum absolute atomic E-state index is 0.147. The van der Waals surface area contributed by atoms with E-state index in [1.807, 2.05) is 0 Å². The number of carboxylic acid groups (broad SMARTS) is 1. The first kappa shape index (κ1) is 13.4. The van der Waals surface area contributed by atoms with Crippen LogP contribution in [0.25, 0.3) is 0 Å². The Morgan fingerprint density at radius 1 is 1.33 bits per heavy atom. The summed E-state index contributed by atoms with van der Waals surface area (Å²) in [5.74, 6) is 0.109. The number of carboxylic acids is 1. The number of carbonyl (C=O) groups excluding carboxylic acids is 1. The van der Waals surface area contributed by atoms with Gasteiger partial charge in [-0.15, -0.1) is 0 Å². The maximum atomic E-state index is 12.1. The molecule has 0 bridgehead atoms. The third kappa shape index (κ3) is 2.85. The van der Waals surface area contributed by atoms with Gasteiger partial charge >= 0.3 is 5.97 Å². The SMILES string of the molecule is CC1(C(=O)O)CCCN(C(=O)CCC2CCC2)C1. The molecule has 4 heteroatoms. The van der Waals surface area contributed by atoms with Crippen LogP contribution in [0.5, 0.6) is 0 Å². The predicted molar refractivity (Wildman–Crippen MR) is 68.1 cm³/mol. The summed E-state index contributed by atoms with van der Waals surface area (Å²) in [5.41, 5.74) is -0.746. The zero-order chi connectivity index (χ0) is 13.2. The molecule has 0 spiro atoms. The quantitative estimate of drug-likeness (QED) is 0.836. The minimum Gasteiger partial charge on any atom is -0.481 e. The molecule has 1 unspecified atom stereocenters. The second-order valence-electron chi connectivity index (χ2n) is 6.12. The maximum absolute atomic E-state index is 12.1. The molecule has 1 atom stereocenters. The molecule has 102 valence electrons. The fourth-order valence-corrected chi connectivity index (χ4v) is 2.89. The first-order valence-electron chi connectivity index (χ1n) is 7.02. The van der Waals surface area contributed by atoms with Gasteiger partial charge in [0.2, 0.25) is 5.91 Å². The van der Waals surface area contributed by atoms with Gasteiger partial charge < -0.3 is 10.0 Å². The highest BCUT2D eigenvalue weighted by molar-refractivity contribution is 5.79. The third-order valence-electron chi connectivity index (χ3n) is 4.56. The molecule has 1 saturated heterocycles. The molecule has 1 aliphatic heterocycles. The molecule has 18 heavy (non-hydrogen) atoms. The average molecular weight is 253 g/mol. The van der Waals surface area contributed by atoms with Crippen molar-refractivity contribution in [2.45, 2.75) is 51.9 Å². The second-order valence-corrected chi connectivity index (χ2v) is 6.12. The number of nitrogens with zero attached hydrogens (tertiary/aromatic N) is 1. The fourth-order valence-electron chi connectivity index (χ4n) is 2.89. The highest BCUT2D eigenvalue weighted by Crippen LogP contribution is 2.32. The highest BCUT2D eigenvalue weighted by Gasteiger charge is 2.39. The van der Waals surface area contributed by atoms with Gasteiger partial charge in [0.15, 0.2) is 0 Å². The van der Waals surface area contributed by atoms with Crippen LogP contribution in [0, 0.1) is 11.3 Å². The molecule has 0 aromatic heterocycles. The van der Waals surface area contributed by atoms with Crippen LogP contribution < -0.4 is 0 Å². The first-order valence-corrected chi connectivity index (χ1v) is 7.02. The van der Waals surface area contributed by atoms with E-state index in [-0.39, 0.29) is 5.91 Å². The van der Waals surface area contributed by atoms with Crippen molar-refractivity contribution >= 4 is 11.9 Å². The van der Waals surface area contributed by atoms with E-state index in [4.69, 9.17) is 0 Å². The maximum Gasteiger partial charge on any atom is 0.311 e. The number of carbonyl (C=O) groups is 2. The number of likely N-dealkylation sites (tertiary alicyclic amines) is 1. The molecule has 2 aliphatic rings. The number of aliphatic carboxylic acids is 1. The predicted octanol–water partition coefficient (Wildman–Crippen LogP) is 2.28. The Labute approximate surface area is 108 Å². The Hall–Kier alpha value is -1.06. The van der Waals surface area contributed by atoms with Crippen molar-refractivity contribution in [3.8, 4) is 0 Å². The Bertz CT molecular complexity index is 338. The van der Waals surface area contributed by atoms with Crippen LogP contribution in [0.3, 0.4) is 0 Å². The molecule has 0 radical (unpaired) electrons. The van der Waals surface area contributed by atoms with Crippen LogP contribution in [0.15, 0.2) is 0 Å². The molecule has 0 aromatic carbocycles. The fraction of sp³-hybridized carbons (Fsp3) is 0.857. The van der Waals surface area contributed by atoms with E-state index >= 15 is 0 Å². The van der Waals surface area contributed by atoms with Crippen LogP contribution >= 0.6 is 0 Å².